The van der Waals surface area contributed by atoms with E-state index in [0.29, 0.717) is 13.2 Å². The second-order valence-electron chi connectivity index (χ2n) is 2.92. The van der Waals surface area contributed by atoms with Crippen molar-refractivity contribution in [2.24, 2.45) is 0 Å². The SMILES string of the molecule is COC(=O)N1CCOC1(C)C. The van der Waals surface area contributed by atoms with E-state index in [9.17, 15) is 4.79 Å². The molecule has 0 radical (unpaired) electrons. The maximum absolute atomic E-state index is 11.1. The molecule has 1 fully saturated rings. The molecule has 0 unspecified atom stereocenters. The zero-order valence-corrected chi connectivity index (χ0v) is 7.09. The van der Waals surface area contributed by atoms with Gasteiger partial charge in [-0.05, 0) is 13.8 Å². The van der Waals surface area contributed by atoms with Crippen LogP contribution in [0.4, 0.5) is 4.79 Å². The van der Waals surface area contributed by atoms with Gasteiger partial charge in [-0.15, -0.1) is 0 Å². The van der Waals surface area contributed by atoms with Crippen molar-refractivity contribution in [3.8, 4) is 0 Å². The van der Waals surface area contributed by atoms with Gasteiger partial charge in [0.1, 0.15) is 5.72 Å². The van der Waals surface area contributed by atoms with Crippen molar-refractivity contribution in [1.82, 2.24) is 4.90 Å². The first-order chi connectivity index (χ1) is 5.08. The first kappa shape index (κ1) is 8.33. The van der Waals surface area contributed by atoms with Gasteiger partial charge in [0.15, 0.2) is 0 Å². The van der Waals surface area contributed by atoms with Crippen LogP contribution in [0, 0.1) is 0 Å². The zero-order chi connectivity index (χ0) is 8.48. The van der Waals surface area contributed by atoms with Crippen molar-refractivity contribution >= 4 is 6.09 Å². The highest BCUT2D eigenvalue weighted by atomic mass is 16.6. The van der Waals surface area contributed by atoms with E-state index in [1.165, 1.54) is 7.11 Å². The lowest BCUT2D eigenvalue weighted by molar-refractivity contribution is -0.0424. The van der Waals surface area contributed by atoms with Crippen LogP contribution >= 0.6 is 0 Å². The molecule has 0 saturated carbocycles. The summed E-state index contributed by atoms with van der Waals surface area (Å²) in [6.45, 7) is 4.88. The molecular formula is C7H13NO3. The lowest BCUT2D eigenvalue weighted by Crippen LogP contribution is -2.43. The number of carbonyl (C=O) groups excluding carboxylic acids is 1. The van der Waals surface area contributed by atoms with E-state index in [-0.39, 0.29) is 6.09 Å². The van der Waals surface area contributed by atoms with Crippen LogP contribution in [-0.2, 0) is 9.47 Å². The first-order valence-electron chi connectivity index (χ1n) is 3.57. The Hall–Kier alpha value is -0.770. The largest absolute Gasteiger partial charge is 0.453 e. The predicted octanol–water partition coefficient (Wildman–Crippen LogP) is 0.821. The number of amides is 1. The molecule has 64 valence electrons. The van der Waals surface area contributed by atoms with E-state index >= 15 is 0 Å². The monoisotopic (exact) mass is 159 g/mol. The summed E-state index contributed by atoms with van der Waals surface area (Å²) in [5.41, 5.74) is -0.507. The molecule has 1 heterocycles. The number of carbonyl (C=O) groups is 1. The van der Waals surface area contributed by atoms with Crippen molar-refractivity contribution in [3.05, 3.63) is 0 Å². The third-order valence-electron chi connectivity index (χ3n) is 1.82. The van der Waals surface area contributed by atoms with Gasteiger partial charge in [-0.25, -0.2) is 4.79 Å². The Morgan fingerprint density at radius 1 is 1.64 bits per heavy atom. The average Bonchev–Trinajstić information content (AvgIpc) is 2.28. The summed E-state index contributed by atoms with van der Waals surface area (Å²) >= 11 is 0. The number of ether oxygens (including phenoxy) is 2. The van der Waals surface area contributed by atoms with Gasteiger partial charge in [-0.1, -0.05) is 0 Å². The number of rotatable bonds is 0. The summed E-state index contributed by atoms with van der Waals surface area (Å²) in [6, 6.07) is 0. The van der Waals surface area contributed by atoms with Crippen LogP contribution in [0.25, 0.3) is 0 Å². The Bertz CT molecular complexity index is 167. The molecule has 4 heteroatoms. The Morgan fingerprint density at radius 2 is 2.27 bits per heavy atom. The maximum atomic E-state index is 11.1. The van der Waals surface area contributed by atoms with Crippen LogP contribution < -0.4 is 0 Å². The predicted molar refractivity (Wildman–Crippen MR) is 39.1 cm³/mol. The first-order valence-corrected chi connectivity index (χ1v) is 3.57. The molecule has 4 nitrogen and oxygen atoms in total. The quantitative estimate of drug-likeness (QED) is 0.525. The highest BCUT2D eigenvalue weighted by Crippen LogP contribution is 2.22. The highest BCUT2D eigenvalue weighted by molar-refractivity contribution is 5.68. The van der Waals surface area contributed by atoms with E-state index in [1.807, 2.05) is 13.8 Å². The van der Waals surface area contributed by atoms with Gasteiger partial charge >= 0.3 is 6.09 Å². The molecule has 1 aliphatic rings. The number of hydrogen-bond acceptors (Lipinski definition) is 3. The Kier molecular flexibility index (Phi) is 2.04. The summed E-state index contributed by atoms with van der Waals surface area (Å²) in [5.74, 6) is 0. The highest BCUT2D eigenvalue weighted by Gasteiger charge is 2.37. The Labute approximate surface area is 66.1 Å². The van der Waals surface area contributed by atoms with E-state index in [2.05, 4.69) is 4.74 Å². The molecule has 0 aromatic carbocycles. The fourth-order valence-corrected chi connectivity index (χ4v) is 1.16. The van der Waals surface area contributed by atoms with Gasteiger partial charge < -0.3 is 9.47 Å². The fraction of sp³-hybridized carbons (Fsp3) is 0.857. The van der Waals surface area contributed by atoms with Gasteiger partial charge in [-0.3, -0.25) is 4.90 Å². The molecule has 0 atom stereocenters. The van der Waals surface area contributed by atoms with Gasteiger partial charge in [0.25, 0.3) is 0 Å². The summed E-state index contributed by atoms with van der Waals surface area (Å²) in [6.07, 6.45) is -0.326. The van der Waals surface area contributed by atoms with Crippen molar-refractivity contribution in [2.75, 3.05) is 20.3 Å². The molecule has 1 rings (SSSR count). The van der Waals surface area contributed by atoms with Crippen LogP contribution in [0.5, 0.6) is 0 Å². The summed E-state index contributed by atoms with van der Waals surface area (Å²) in [7, 11) is 1.37. The topological polar surface area (TPSA) is 38.8 Å². The molecule has 0 aromatic heterocycles. The van der Waals surface area contributed by atoms with E-state index < -0.39 is 5.72 Å². The molecule has 0 spiro atoms. The molecular weight excluding hydrogens is 146 g/mol. The third kappa shape index (κ3) is 1.45. The average molecular weight is 159 g/mol. The molecule has 1 aliphatic heterocycles. The van der Waals surface area contributed by atoms with Gasteiger partial charge in [0, 0.05) is 0 Å². The van der Waals surface area contributed by atoms with Crippen LogP contribution in [0.2, 0.25) is 0 Å². The molecule has 0 aromatic rings. The van der Waals surface area contributed by atoms with Gasteiger partial charge in [0.2, 0.25) is 0 Å². The number of nitrogens with zero attached hydrogens (tertiary/aromatic N) is 1. The van der Waals surface area contributed by atoms with Crippen LogP contribution in [0.3, 0.4) is 0 Å². The maximum Gasteiger partial charge on any atom is 0.411 e. The number of hydrogen-bond donors (Lipinski definition) is 0. The minimum atomic E-state index is -0.507. The fourth-order valence-electron chi connectivity index (χ4n) is 1.16. The van der Waals surface area contributed by atoms with Crippen molar-refractivity contribution in [2.45, 2.75) is 19.6 Å². The minimum absolute atomic E-state index is 0.326. The van der Waals surface area contributed by atoms with Crippen LogP contribution in [0.1, 0.15) is 13.8 Å². The lowest BCUT2D eigenvalue weighted by Gasteiger charge is -2.28. The standard InChI is InChI=1S/C7H13NO3/c1-7(2)8(4-5-11-7)6(9)10-3/h4-5H2,1-3H3. The van der Waals surface area contributed by atoms with E-state index in [1.54, 1.807) is 4.90 Å². The van der Waals surface area contributed by atoms with Crippen LogP contribution in [-0.4, -0.2) is 37.0 Å². The molecule has 0 bridgehead atoms. The van der Waals surface area contributed by atoms with E-state index in [4.69, 9.17) is 4.74 Å². The molecule has 1 amide bonds. The molecule has 0 aliphatic carbocycles. The third-order valence-corrected chi connectivity index (χ3v) is 1.82. The van der Waals surface area contributed by atoms with Gasteiger partial charge in [-0.2, -0.15) is 0 Å². The molecule has 0 N–H and O–H groups in total. The van der Waals surface area contributed by atoms with Crippen LogP contribution in [0.15, 0.2) is 0 Å². The summed E-state index contributed by atoms with van der Waals surface area (Å²) < 4.78 is 9.88. The second kappa shape index (κ2) is 2.70. The van der Waals surface area contributed by atoms with Crippen molar-refractivity contribution < 1.29 is 14.3 Å². The lowest BCUT2D eigenvalue weighted by atomic mass is 10.3. The normalized spacial score (nSPS) is 21.9. The summed E-state index contributed by atoms with van der Waals surface area (Å²) in [5, 5.41) is 0. The van der Waals surface area contributed by atoms with Crippen molar-refractivity contribution in [3.63, 3.8) is 0 Å². The Morgan fingerprint density at radius 3 is 2.64 bits per heavy atom. The minimum Gasteiger partial charge on any atom is -0.453 e. The Balaban J connectivity index is 2.64. The van der Waals surface area contributed by atoms with Gasteiger partial charge in [0.05, 0.1) is 20.3 Å². The van der Waals surface area contributed by atoms with E-state index in [0.717, 1.165) is 0 Å². The molecule has 1 saturated heterocycles. The zero-order valence-electron chi connectivity index (χ0n) is 7.09. The smallest absolute Gasteiger partial charge is 0.411 e. The van der Waals surface area contributed by atoms with Crippen molar-refractivity contribution in [1.29, 1.82) is 0 Å². The summed E-state index contributed by atoms with van der Waals surface area (Å²) in [4.78, 5) is 12.6. The number of methoxy groups -OCH3 is 1. The second-order valence-corrected chi connectivity index (χ2v) is 2.92. The molecule has 11 heavy (non-hydrogen) atoms.